The maximum Gasteiger partial charge on any atom is 0.261 e. The van der Waals surface area contributed by atoms with Crippen molar-refractivity contribution >= 4 is 44.3 Å². The van der Waals surface area contributed by atoms with Crippen LogP contribution in [0.3, 0.4) is 0 Å². The molecule has 148 valence electrons. The summed E-state index contributed by atoms with van der Waals surface area (Å²) in [4.78, 5) is 30.9. The molecule has 1 amide bonds. The van der Waals surface area contributed by atoms with Gasteiger partial charge < -0.3 is 4.90 Å². The average Bonchev–Trinajstić information content (AvgIpc) is 2.70. The van der Waals surface area contributed by atoms with Crippen molar-refractivity contribution in [3.05, 3.63) is 75.3 Å². The van der Waals surface area contributed by atoms with Gasteiger partial charge in [-0.15, -0.1) is 0 Å². The van der Waals surface area contributed by atoms with Gasteiger partial charge in [0.15, 0.2) is 4.83 Å². The predicted molar refractivity (Wildman–Crippen MR) is 118 cm³/mol. The molecule has 1 atom stereocenters. The maximum absolute atomic E-state index is 13.1. The van der Waals surface area contributed by atoms with Crippen molar-refractivity contribution in [1.82, 2.24) is 14.5 Å². The van der Waals surface area contributed by atoms with E-state index in [9.17, 15) is 9.59 Å². The first-order valence-corrected chi connectivity index (χ1v) is 10.3. The highest BCUT2D eigenvalue weighted by Gasteiger charge is 2.25. The largest absolute Gasteiger partial charge is 0.347 e. The molecule has 7 heteroatoms. The second kappa shape index (κ2) is 9.85. The van der Waals surface area contributed by atoms with Crippen LogP contribution in [0.15, 0.2) is 53.3 Å². The monoisotopic (exact) mass is 463 g/mol. The Morgan fingerprint density at radius 2 is 1.82 bits per heavy atom. The number of nitrogens with zero attached hydrogens (tertiary/aromatic N) is 3. The molecular formula is C21H23BrClN3O2. The molecule has 0 fully saturated rings. The van der Waals surface area contributed by atoms with Crippen LogP contribution in [-0.2, 0) is 11.3 Å². The molecule has 3 aromatic rings. The third kappa shape index (κ3) is 4.80. The van der Waals surface area contributed by atoms with Crippen molar-refractivity contribution in [1.29, 1.82) is 0 Å². The Bertz CT molecular complexity index is 1020. The summed E-state index contributed by atoms with van der Waals surface area (Å²) in [5.74, 6) is 0.160. The van der Waals surface area contributed by atoms with Gasteiger partial charge in [0.1, 0.15) is 5.82 Å². The Hall–Kier alpha value is -2.18. The van der Waals surface area contributed by atoms with Crippen LogP contribution in [0.2, 0.25) is 5.02 Å². The summed E-state index contributed by atoms with van der Waals surface area (Å²) in [6.45, 7) is 4.32. The topological polar surface area (TPSA) is 55.2 Å². The molecule has 0 aliphatic carbocycles. The first kappa shape index (κ1) is 22.1. The third-order valence-corrected chi connectivity index (χ3v) is 5.05. The number of halogens is 2. The molecule has 0 aliphatic heterocycles. The number of alkyl halides is 1. The van der Waals surface area contributed by atoms with Crippen LogP contribution < -0.4 is 5.56 Å². The van der Waals surface area contributed by atoms with Crippen molar-refractivity contribution < 1.29 is 4.79 Å². The third-order valence-electron chi connectivity index (χ3n) is 4.01. The van der Waals surface area contributed by atoms with Crippen molar-refractivity contribution in [3.8, 4) is 0 Å². The molecule has 2 aromatic carbocycles. The lowest BCUT2D eigenvalue weighted by Crippen LogP contribution is -2.32. The van der Waals surface area contributed by atoms with E-state index in [1.54, 1.807) is 32.3 Å². The Labute approximate surface area is 178 Å². The van der Waals surface area contributed by atoms with Gasteiger partial charge in [-0.25, -0.2) is 4.98 Å². The van der Waals surface area contributed by atoms with Crippen molar-refractivity contribution in [3.63, 3.8) is 0 Å². The molecule has 0 saturated carbocycles. The number of hydrogen-bond donors (Lipinski definition) is 0. The normalized spacial score (nSPS) is 11.5. The van der Waals surface area contributed by atoms with Gasteiger partial charge in [0.2, 0.25) is 5.91 Å². The van der Waals surface area contributed by atoms with Gasteiger partial charge in [-0.2, -0.15) is 0 Å². The molecule has 3 rings (SSSR count). The van der Waals surface area contributed by atoms with E-state index in [0.717, 1.165) is 5.56 Å². The van der Waals surface area contributed by atoms with E-state index in [4.69, 9.17) is 11.6 Å². The van der Waals surface area contributed by atoms with Gasteiger partial charge in [0.05, 0.1) is 17.4 Å². The molecule has 0 bridgehead atoms. The van der Waals surface area contributed by atoms with E-state index in [2.05, 4.69) is 20.9 Å². The molecule has 1 heterocycles. The Balaban J connectivity index is 0.00000136. The van der Waals surface area contributed by atoms with Crippen molar-refractivity contribution in [2.24, 2.45) is 0 Å². The lowest BCUT2D eigenvalue weighted by molar-refractivity contribution is -0.128. The van der Waals surface area contributed by atoms with Crippen molar-refractivity contribution in [2.75, 3.05) is 14.1 Å². The molecule has 0 aliphatic rings. The van der Waals surface area contributed by atoms with Gasteiger partial charge in [0, 0.05) is 19.1 Å². The molecule has 1 unspecified atom stereocenters. The number of carbonyl (C=O) groups excluding carboxylic acids is 1. The Morgan fingerprint density at radius 3 is 2.43 bits per heavy atom. The first-order chi connectivity index (χ1) is 13.4. The number of carbonyl (C=O) groups is 1. The molecule has 0 saturated heterocycles. The number of fused-ring (bicyclic) bond motifs is 1. The van der Waals surface area contributed by atoms with Gasteiger partial charge in [-0.1, -0.05) is 71.7 Å². The van der Waals surface area contributed by atoms with E-state index in [1.807, 2.05) is 44.2 Å². The second-order valence-corrected chi connectivity index (χ2v) is 7.46. The minimum atomic E-state index is -0.739. The van der Waals surface area contributed by atoms with Crippen molar-refractivity contribution in [2.45, 2.75) is 25.2 Å². The quantitative estimate of drug-likeness (QED) is 0.528. The minimum absolute atomic E-state index is 0.194. The average molecular weight is 465 g/mol. The zero-order chi connectivity index (χ0) is 20.8. The van der Waals surface area contributed by atoms with E-state index in [0.29, 0.717) is 28.3 Å². The van der Waals surface area contributed by atoms with Gasteiger partial charge in [0.25, 0.3) is 5.56 Å². The smallest absolute Gasteiger partial charge is 0.261 e. The molecule has 28 heavy (non-hydrogen) atoms. The van der Waals surface area contributed by atoms with Crippen LogP contribution in [0, 0.1) is 0 Å². The fourth-order valence-electron chi connectivity index (χ4n) is 2.66. The highest BCUT2D eigenvalue weighted by molar-refractivity contribution is 9.09. The van der Waals surface area contributed by atoms with Crippen LogP contribution in [0.1, 0.15) is 30.1 Å². The molecular weight excluding hydrogens is 442 g/mol. The highest BCUT2D eigenvalue weighted by atomic mass is 79.9. The van der Waals surface area contributed by atoms with Gasteiger partial charge in [-0.05, 0) is 23.8 Å². The Kier molecular flexibility index (Phi) is 7.78. The Morgan fingerprint density at radius 1 is 1.18 bits per heavy atom. The van der Waals surface area contributed by atoms with Crippen LogP contribution in [-0.4, -0.2) is 34.5 Å². The zero-order valence-corrected chi connectivity index (χ0v) is 18.7. The van der Waals surface area contributed by atoms with Crippen LogP contribution in [0.25, 0.3) is 10.9 Å². The maximum atomic E-state index is 13.1. The molecule has 0 spiro atoms. The fraction of sp³-hybridized carbons (Fsp3) is 0.286. The van der Waals surface area contributed by atoms with E-state index < -0.39 is 4.83 Å². The predicted octanol–water partition coefficient (Wildman–Crippen LogP) is 4.65. The number of likely N-dealkylation sites (N-methyl/N-ethyl adjacent to an activating group) is 1. The first-order valence-electron chi connectivity index (χ1n) is 8.97. The van der Waals surface area contributed by atoms with E-state index in [-0.39, 0.29) is 11.5 Å². The molecule has 0 radical (unpaired) electrons. The SMILES string of the molecule is CC.CN(C)C(=O)C(Br)c1nc2cc(Cl)ccc2c(=O)n1Cc1ccccc1. The van der Waals surface area contributed by atoms with Crippen LogP contribution in [0.5, 0.6) is 0 Å². The molecule has 0 N–H and O–H groups in total. The summed E-state index contributed by atoms with van der Waals surface area (Å²) in [6.07, 6.45) is 0. The fourth-order valence-corrected chi connectivity index (χ4v) is 3.59. The lowest BCUT2D eigenvalue weighted by Gasteiger charge is -2.20. The number of rotatable bonds is 4. The summed E-state index contributed by atoms with van der Waals surface area (Å²) in [5, 5.41) is 0.951. The number of aromatic nitrogens is 2. The summed E-state index contributed by atoms with van der Waals surface area (Å²) in [7, 11) is 3.32. The van der Waals surface area contributed by atoms with E-state index in [1.165, 1.54) is 9.47 Å². The van der Waals surface area contributed by atoms with Gasteiger partial charge >= 0.3 is 0 Å². The summed E-state index contributed by atoms with van der Waals surface area (Å²) in [6, 6.07) is 14.5. The van der Waals surface area contributed by atoms with Gasteiger partial charge in [-0.3, -0.25) is 14.2 Å². The van der Waals surface area contributed by atoms with Crippen LogP contribution >= 0.6 is 27.5 Å². The zero-order valence-electron chi connectivity index (χ0n) is 16.3. The highest BCUT2D eigenvalue weighted by Crippen LogP contribution is 2.25. The molecule has 5 nitrogen and oxygen atoms in total. The molecule has 1 aromatic heterocycles. The number of hydrogen-bond acceptors (Lipinski definition) is 3. The summed E-state index contributed by atoms with van der Waals surface area (Å²) < 4.78 is 1.53. The summed E-state index contributed by atoms with van der Waals surface area (Å²) in [5.41, 5.74) is 1.21. The second-order valence-electron chi connectivity index (χ2n) is 6.10. The minimum Gasteiger partial charge on any atom is -0.347 e. The van der Waals surface area contributed by atoms with E-state index >= 15 is 0 Å². The number of benzene rings is 2. The lowest BCUT2D eigenvalue weighted by atomic mass is 10.2. The van der Waals surface area contributed by atoms with Crippen LogP contribution in [0.4, 0.5) is 0 Å². The standard InChI is InChI=1S/C19H17BrClN3O2.C2H6/c1-23(2)19(26)16(20)17-22-15-10-13(21)8-9-14(15)18(25)24(17)11-12-6-4-3-5-7-12;1-2/h3-10,16H,11H2,1-2H3;1-2H3. The number of amides is 1. The summed E-state index contributed by atoms with van der Waals surface area (Å²) >= 11 is 9.46.